The van der Waals surface area contributed by atoms with Crippen molar-refractivity contribution in [2.24, 2.45) is 5.92 Å². The largest absolute Gasteiger partial charge is 0.454 e. The van der Waals surface area contributed by atoms with Crippen LogP contribution in [0.25, 0.3) is 0 Å². The lowest BCUT2D eigenvalue weighted by Crippen LogP contribution is -2.49. The maximum absolute atomic E-state index is 13.1. The molecule has 0 aliphatic carbocycles. The van der Waals surface area contributed by atoms with Gasteiger partial charge in [0.2, 0.25) is 0 Å². The van der Waals surface area contributed by atoms with Crippen LogP contribution in [-0.2, 0) is 14.3 Å². The molecule has 2 aromatic rings. The molecule has 0 saturated heterocycles. The van der Waals surface area contributed by atoms with E-state index >= 15 is 0 Å². The molecule has 0 bridgehead atoms. The van der Waals surface area contributed by atoms with Crippen LogP contribution in [0.5, 0.6) is 0 Å². The second-order valence-electron chi connectivity index (χ2n) is 7.91. The molecule has 1 heterocycles. The molecular weight excluding hydrogens is 629 g/mol. The smallest absolute Gasteiger partial charge is 0.330 e. The molecule has 1 N–H and O–H groups in total. The van der Waals surface area contributed by atoms with Crippen LogP contribution in [0.3, 0.4) is 0 Å². The minimum absolute atomic E-state index is 0.191. The van der Waals surface area contributed by atoms with Gasteiger partial charge in [-0.1, -0.05) is 71.9 Å². The fourth-order valence-corrected chi connectivity index (χ4v) is 5.12. The Bertz CT molecular complexity index is 1240. The van der Waals surface area contributed by atoms with E-state index < -0.39 is 42.3 Å². The Morgan fingerprint density at radius 2 is 1.49 bits per heavy atom. The van der Waals surface area contributed by atoms with Gasteiger partial charge >= 0.3 is 5.97 Å². The number of nitrogens with zero attached hydrogens (tertiary/aromatic N) is 1. The molecule has 35 heavy (non-hydrogen) atoms. The number of rotatable bonds is 6. The number of carbonyl (C=O) groups excluding carboxylic acids is 4. The predicted molar refractivity (Wildman–Crippen MR) is 139 cm³/mol. The van der Waals surface area contributed by atoms with E-state index in [1.807, 2.05) is 0 Å². The average molecular weight is 646 g/mol. The molecular formula is C22H16BrCl5N2O5. The van der Waals surface area contributed by atoms with Crippen LogP contribution in [0, 0.1) is 12.8 Å². The zero-order valence-electron chi connectivity index (χ0n) is 18.3. The molecule has 3 amide bonds. The summed E-state index contributed by atoms with van der Waals surface area (Å²) in [6.45, 7) is 4.30. The van der Waals surface area contributed by atoms with E-state index in [0.29, 0.717) is 20.1 Å². The van der Waals surface area contributed by atoms with Crippen LogP contribution in [0.4, 0.5) is 5.69 Å². The summed E-state index contributed by atoms with van der Waals surface area (Å²) in [6, 6.07) is 1.89. The van der Waals surface area contributed by atoms with E-state index in [1.54, 1.807) is 32.9 Å². The maximum Gasteiger partial charge on any atom is 0.330 e. The van der Waals surface area contributed by atoms with Gasteiger partial charge in [0.15, 0.2) is 6.61 Å². The van der Waals surface area contributed by atoms with E-state index in [9.17, 15) is 19.2 Å². The van der Waals surface area contributed by atoms with Crippen molar-refractivity contribution in [1.29, 1.82) is 0 Å². The summed E-state index contributed by atoms with van der Waals surface area (Å²) >= 11 is 33.8. The standard InChI is InChI=1S/C22H16BrCl5N2O5/c1-7(2)19(22(34)35-6-12(31)29-11-5-10(24)9(23)4-8(11)3)30-20(32)13-14(21(30)33)16(26)18(28)17(27)15(13)25/h4-5,7,19H,6H2,1-3H3,(H,29,31)/t19-/m0/s1. The number of carbonyl (C=O) groups is 4. The number of imide groups is 1. The normalized spacial score (nSPS) is 13.8. The molecule has 0 aromatic heterocycles. The summed E-state index contributed by atoms with van der Waals surface area (Å²) in [7, 11) is 0. The Balaban J connectivity index is 1.81. The highest BCUT2D eigenvalue weighted by Gasteiger charge is 2.48. The number of fused-ring (bicyclic) bond motifs is 1. The van der Waals surface area contributed by atoms with Crippen LogP contribution >= 0.6 is 73.9 Å². The molecule has 13 heteroatoms. The zero-order chi connectivity index (χ0) is 26.4. The summed E-state index contributed by atoms with van der Waals surface area (Å²) in [6.07, 6.45) is 0. The van der Waals surface area contributed by atoms with Gasteiger partial charge in [0.1, 0.15) is 6.04 Å². The van der Waals surface area contributed by atoms with Crippen molar-refractivity contribution < 1.29 is 23.9 Å². The number of hydrogen-bond acceptors (Lipinski definition) is 5. The van der Waals surface area contributed by atoms with Crippen LogP contribution in [0.2, 0.25) is 25.1 Å². The second kappa shape index (κ2) is 10.8. The highest BCUT2D eigenvalue weighted by atomic mass is 79.9. The molecule has 1 aliphatic heterocycles. The van der Waals surface area contributed by atoms with E-state index in [2.05, 4.69) is 21.2 Å². The molecule has 2 aromatic carbocycles. The van der Waals surface area contributed by atoms with Crippen molar-refractivity contribution in [3.63, 3.8) is 0 Å². The van der Waals surface area contributed by atoms with Gasteiger partial charge in [-0.15, -0.1) is 0 Å². The van der Waals surface area contributed by atoms with Crippen molar-refractivity contribution in [3.05, 3.63) is 58.4 Å². The lowest BCUT2D eigenvalue weighted by atomic mass is 10.0. The average Bonchev–Trinajstić information content (AvgIpc) is 3.03. The zero-order valence-corrected chi connectivity index (χ0v) is 23.6. The minimum Gasteiger partial charge on any atom is -0.454 e. The van der Waals surface area contributed by atoms with Crippen LogP contribution < -0.4 is 5.32 Å². The number of halogens is 6. The molecule has 0 spiro atoms. The Labute approximate surface area is 234 Å². The second-order valence-corrected chi connectivity index (χ2v) is 10.7. The van der Waals surface area contributed by atoms with Gasteiger partial charge in [-0.25, -0.2) is 4.79 Å². The van der Waals surface area contributed by atoms with Crippen molar-refractivity contribution in [1.82, 2.24) is 4.90 Å². The van der Waals surface area contributed by atoms with Gasteiger partial charge < -0.3 is 10.1 Å². The number of hydrogen-bond donors (Lipinski definition) is 1. The molecule has 0 fully saturated rings. The highest BCUT2D eigenvalue weighted by molar-refractivity contribution is 9.10. The molecule has 1 aliphatic rings. The molecule has 3 rings (SSSR count). The minimum atomic E-state index is -1.37. The monoisotopic (exact) mass is 642 g/mol. The number of benzene rings is 2. The van der Waals surface area contributed by atoms with Crippen molar-refractivity contribution in [2.75, 3.05) is 11.9 Å². The number of esters is 1. The van der Waals surface area contributed by atoms with Crippen molar-refractivity contribution in [3.8, 4) is 0 Å². The summed E-state index contributed by atoms with van der Waals surface area (Å²) in [5.74, 6) is -3.95. The summed E-state index contributed by atoms with van der Waals surface area (Å²) in [5, 5.41) is 2.09. The SMILES string of the molecule is Cc1cc(Br)c(Cl)cc1NC(=O)COC(=O)[C@H](C(C)C)N1C(=O)c2c(Cl)c(Cl)c(Cl)c(Cl)c2C1=O. The van der Waals surface area contributed by atoms with Crippen LogP contribution in [0.1, 0.15) is 40.1 Å². The Kier molecular flexibility index (Phi) is 8.67. The van der Waals surface area contributed by atoms with E-state index in [1.165, 1.54) is 0 Å². The molecule has 1 atom stereocenters. The lowest BCUT2D eigenvalue weighted by molar-refractivity contribution is -0.152. The van der Waals surface area contributed by atoms with Crippen molar-refractivity contribution in [2.45, 2.75) is 26.8 Å². The van der Waals surface area contributed by atoms with E-state index in [4.69, 9.17) is 62.7 Å². The van der Waals surface area contributed by atoms with Gasteiger partial charge in [0, 0.05) is 10.2 Å². The first-order chi connectivity index (χ1) is 16.3. The molecule has 0 saturated carbocycles. The van der Waals surface area contributed by atoms with Crippen LogP contribution in [-0.4, -0.2) is 41.2 Å². The van der Waals surface area contributed by atoms with E-state index in [0.717, 1.165) is 5.56 Å². The summed E-state index contributed by atoms with van der Waals surface area (Å²) in [5.41, 5.74) is 0.640. The first-order valence-corrected chi connectivity index (χ1v) is 12.6. The van der Waals surface area contributed by atoms with Gasteiger partial charge in [-0.3, -0.25) is 19.3 Å². The Morgan fingerprint density at radius 1 is 0.971 bits per heavy atom. The van der Waals surface area contributed by atoms with Crippen molar-refractivity contribution >= 4 is 103 Å². The number of ether oxygens (including phenoxy) is 1. The summed E-state index contributed by atoms with van der Waals surface area (Å²) in [4.78, 5) is 52.3. The Morgan fingerprint density at radius 3 is 1.97 bits per heavy atom. The highest BCUT2D eigenvalue weighted by Crippen LogP contribution is 2.45. The van der Waals surface area contributed by atoms with E-state index in [-0.39, 0.29) is 31.2 Å². The number of nitrogens with one attached hydrogen (secondary N) is 1. The van der Waals surface area contributed by atoms with Gasteiger partial charge in [-0.2, -0.15) is 0 Å². The third-order valence-electron chi connectivity index (χ3n) is 5.17. The molecule has 0 radical (unpaired) electrons. The fraction of sp³-hybridized carbons (Fsp3) is 0.273. The Hall–Kier alpha value is -1.55. The topological polar surface area (TPSA) is 92.8 Å². The lowest BCUT2D eigenvalue weighted by Gasteiger charge is -2.27. The number of amides is 3. The van der Waals surface area contributed by atoms with Crippen LogP contribution in [0.15, 0.2) is 16.6 Å². The third-order valence-corrected chi connectivity index (χ3v) is 8.17. The van der Waals surface area contributed by atoms with Gasteiger partial charge in [0.05, 0.1) is 36.2 Å². The first kappa shape index (κ1) is 28.0. The van der Waals surface area contributed by atoms with Gasteiger partial charge in [0.25, 0.3) is 17.7 Å². The summed E-state index contributed by atoms with van der Waals surface area (Å²) < 4.78 is 5.81. The predicted octanol–water partition coefficient (Wildman–Crippen LogP) is 6.83. The molecule has 0 unspecified atom stereocenters. The van der Waals surface area contributed by atoms with Gasteiger partial charge in [-0.05, 0) is 46.5 Å². The number of anilines is 1. The maximum atomic E-state index is 13.1. The fourth-order valence-electron chi connectivity index (χ4n) is 3.48. The number of aryl methyl sites for hydroxylation is 1. The first-order valence-electron chi connectivity index (χ1n) is 9.93. The molecule has 7 nitrogen and oxygen atoms in total. The molecule has 186 valence electrons. The quantitative estimate of drug-likeness (QED) is 0.161. The third kappa shape index (κ3) is 5.29.